The molecule has 10 rings (SSSR count). The minimum Gasteiger partial charge on any atom is -0.460 e. The number of likely N-dealkylation sites (tertiary alicyclic amines) is 2. The van der Waals surface area contributed by atoms with E-state index in [-0.39, 0.29) is 69.2 Å². The van der Waals surface area contributed by atoms with Crippen molar-refractivity contribution in [1.29, 1.82) is 0 Å². The number of sulfonamides is 2. The number of anilines is 3. The van der Waals surface area contributed by atoms with Crippen molar-refractivity contribution in [2.24, 2.45) is 5.92 Å². The van der Waals surface area contributed by atoms with Crippen molar-refractivity contribution in [1.82, 2.24) is 49.6 Å². The van der Waals surface area contributed by atoms with Gasteiger partial charge in [0.05, 0.1) is 58.5 Å². The highest BCUT2D eigenvalue weighted by Crippen LogP contribution is 2.37. The Balaban J connectivity index is 0.000000196. The van der Waals surface area contributed by atoms with Gasteiger partial charge in [-0.05, 0) is 161 Å². The fraction of sp³-hybridized carbons (Fsp3) is 0.525. The molecule has 4 fully saturated rings. The number of ether oxygens (including phenoxy) is 2. The molecule has 4 aliphatic rings. The summed E-state index contributed by atoms with van der Waals surface area (Å²) in [5.41, 5.74) is 2.02. The summed E-state index contributed by atoms with van der Waals surface area (Å²) in [5.74, 6) is 0.445. The number of esters is 1. The molecule has 4 atom stereocenters. The molecule has 0 bridgehead atoms. The lowest BCUT2D eigenvalue weighted by Crippen LogP contribution is -2.49. The number of carbonyl (C=O) groups is 4. The summed E-state index contributed by atoms with van der Waals surface area (Å²) >= 11 is 31.0. The largest absolute Gasteiger partial charge is 0.460 e. The Morgan fingerprint density at radius 1 is 0.618 bits per heavy atom. The predicted octanol–water partition coefficient (Wildman–Crippen LogP) is 11.4. The van der Waals surface area contributed by atoms with Crippen LogP contribution in [0.4, 0.5) is 22.0 Å². The Kier molecular flexibility index (Phi) is 22.6. The van der Waals surface area contributed by atoms with Crippen molar-refractivity contribution in [2.75, 3.05) is 66.1 Å². The van der Waals surface area contributed by atoms with E-state index in [1.165, 1.54) is 53.4 Å². The molecule has 4 N–H and O–H groups in total. The summed E-state index contributed by atoms with van der Waals surface area (Å²) in [4.78, 5) is 65.6. The smallest absolute Gasteiger partial charge is 0.407 e. The zero-order valence-electron chi connectivity index (χ0n) is 50.9. The number of aromatic nitrogens is 6. The molecule has 2 unspecified atom stereocenters. The number of hydrogen-bond donors (Lipinski definition) is 4. The number of fused-ring (bicyclic) bond motifs is 2. The van der Waals surface area contributed by atoms with Crippen LogP contribution in [0.2, 0.25) is 25.5 Å². The number of halogens is 5. The predicted molar refractivity (Wildman–Crippen MR) is 347 cm³/mol. The third-order valence-electron chi connectivity index (χ3n) is 14.7. The lowest BCUT2D eigenvalue weighted by atomic mass is 9.96. The van der Waals surface area contributed by atoms with Gasteiger partial charge in [0.15, 0.2) is 11.3 Å². The standard InChI is InChI=1S/C29H37Cl2N7O5S.C19H18Cl3N5O3S.C11H21NO2/c1-29(2,3)43-28(40)32-19-8-7-12-36(17-19)26-16-24(31)33-25-15-22(34-38(25)26)23-9-5-6-13-37(23)27(39)20-14-18(30)10-11-21(20)35-44(4,41)42;1-31(29,30)25-13-6-5-11(20)8-12(13)19(28)26-7-3-2-4-15(26)14-9-18-23-16(21)10-17(22)27(18)24-14;1-11(2,3)14-10(13)7-9-5-4-6-12-8-9/h10-11,14-16,19,23,35H,5-9,12-13,17H2,1-4H3,(H,32,40);5-6,8-10,15,25H,2-4,7H2,1H3;9,12H,4-8H2,1-3H3/t19?,23-;15-;/m00./s1. The zero-order valence-corrected chi connectivity index (χ0v) is 56.3. The van der Waals surface area contributed by atoms with E-state index in [4.69, 9.17) is 72.6 Å². The Labute approximate surface area is 544 Å². The number of nitrogens with zero attached hydrogens (tertiary/aromatic N) is 9. The van der Waals surface area contributed by atoms with Gasteiger partial charge in [-0.15, -0.1) is 0 Å². The van der Waals surface area contributed by atoms with E-state index < -0.39 is 31.7 Å². The van der Waals surface area contributed by atoms with Crippen molar-refractivity contribution in [3.63, 3.8) is 0 Å². The average molecular weight is 1370 g/mol. The molecule has 6 aromatic rings. The van der Waals surface area contributed by atoms with Gasteiger partial charge in [-0.2, -0.15) is 14.7 Å². The third-order valence-corrected chi connectivity index (χ3v) is 17.0. The number of rotatable bonds is 12. The summed E-state index contributed by atoms with van der Waals surface area (Å²) in [5, 5.41) is 17.2. The summed E-state index contributed by atoms with van der Waals surface area (Å²) < 4.78 is 66.3. The molecule has 0 radical (unpaired) electrons. The quantitative estimate of drug-likeness (QED) is 0.0655. The first-order chi connectivity index (χ1) is 41.8. The first-order valence-corrected chi connectivity index (χ1v) is 35.1. The molecule has 4 aromatic heterocycles. The van der Waals surface area contributed by atoms with Gasteiger partial charge < -0.3 is 34.8 Å². The van der Waals surface area contributed by atoms with Crippen LogP contribution in [-0.2, 0) is 34.3 Å². The van der Waals surface area contributed by atoms with E-state index in [0.29, 0.717) is 87.8 Å². The maximum Gasteiger partial charge on any atom is 0.407 e. The van der Waals surface area contributed by atoms with E-state index in [2.05, 4.69) is 40.0 Å². The lowest BCUT2D eigenvalue weighted by molar-refractivity contribution is -0.156. The molecule has 4 saturated heterocycles. The minimum atomic E-state index is -3.63. The van der Waals surface area contributed by atoms with Crippen LogP contribution < -0.4 is 25.0 Å². The van der Waals surface area contributed by atoms with Crippen LogP contribution in [0, 0.1) is 5.92 Å². The van der Waals surface area contributed by atoms with E-state index in [9.17, 15) is 36.0 Å². The van der Waals surface area contributed by atoms with Crippen LogP contribution in [0.5, 0.6) is 0 Å². The number of nitrogens with one attached hydrogen (secondary N) is 4. The Morgan fingerprint density at radius 3 is 1.64 bits per heavy atom. The fourth-order valence-corrected chi connectivity index (χ4v) is 13.3. The first kappa shape index (κ1) is 69.0. The molecular formula is C59H76Cl5N13O10S2. The lowest BCUT2D eigenvalue weighted by Gasteiger charge is -2.35. The monoisotopic (exact) mass is 1370 g/mol. The molecule has 2 aromatic carbocycles. The molecule has 484 valence electrons. The van der Waals surface area contributed by atoms with Gasteiger partial charge in [0.2, 0.25) is 20.0 Å². The highest BCUT2D eigenvalue weighted by molar-refractivity contribution is 7.92. The molecule has 30 heteroatoms. The van der Waals surface area contributed by atoms with E-state index >= 15 is 0 Å². The van der Waals surface area contributed by atoms with E-state index in [0.717, 1.165) is 82.9 Å². The van der Waals surface area contributed by atoms with Gasteiger partial charge in [0.25, 0.3) is 11.8 Å². The zero-order chi connectivity index (χ0) is 64.8. The second kappa shape index (κ2) is 29.1. The molecule has 8 heterocycles. The molecule has 0 spiro atoms. The topological polar surface area (TPSA) is 273 Å². The number of benzene rings is 2. The van der Waals surface area contributed by atoms with Crippen molar-refractivity contribution in [3.05, 3.63) is 109 Å². The second-order valence-corrected chi connectivity index (χ2v) is 30.1. The normalized spacial score (nSPS) is 19.3. The van der Waals surface area contributed by atoms with E-state index in [1.54, 1.807) is 26.4 Å². The third kappa shape index (κ3) is 19.5. The SMILES string of the molecule is CC(C)(C)OC(=O)CC1CCCNC1.CC(C)(C)OC(=O)NC1CCCN(c2cc(Cl)nc3cc([C@@H]4CCCCN4C(=O)c4cc(Cl)ccc4NS(C)(=O)=O)nn23)C1.CS(=O)(=O)Nc1ccc(Cl)cc1C(=O)N1CCCC[C@H]1c1cc2nc(Cl)cc(Cl)n2n1. The van der Waals surface area contributed by atoms with Crippen molar-refractivity contribution in [3.8, 4) is 0 Å². The summed E-state index contributed by atoms with van der Waals surface area (Å²) in [7, 11) is -7.22. The molecule has 89 heavy (non-hydrogen) atoms. The first-order valence-electron chi connectivity index (χ1n) is 29.4. The van der Waals surface area contributed by atoms with Gasteiger partial charge in [-0.25, -0.2) is 36.1 Å². The average Bonchev–Trinajstić information content (AvgIpc) is 1.76. The van der Waals surface area contributed by atoms with Crippen LogP contribution in [0.15, 0.2) is 60.7 Å². The number of piperidine rings is 4. The number of carbonyl (C=O) groups excluding carboxylic acids is 4. The Bertz CT molecular complexity index is 3800. The highest BCUT2D eigenvalue weighted by atomic mass is 35.5. The van der Waals surface area contributed by atoms with Crippen molar-refractivity contribution in [2.45, 2.75) is 141 Å². The van der Waals surface area contributed by atoms with Crippen LogP contribution >= 0.6 is 58.0 Å². The summed E-state index contributed by atoms with van der Waals surface area (Å²) in [6, 6.07) is 15.0. The Morgan fingerprint density at radius 2 is 1.13 bits per heavy atom. The summed E-state index contributed by atoms with van der Waals surface area (Å²) in [6.45, 7) is 15.5. The second-order valence-electron chi connectivity index (χ2n) is 24.6. The van der Waals surface area contributed by atoms with Crippen LogP contribution in [0.3, 0.4) is 0 Å². The number of alkyl carbamates (subject to hydrolysis) is 1. The van der Waals surface area contributed by atoms with Crippen LogP contribution in [0.1, 0.15) is 156 Å². The molecule has 23 nitrogen and oxygen atoms in total. The van der Waals surface area contributed by atoms with Crippen molar-refractivity contribution < 1.29 is 45.5 Å². The highest BCUT2D eigenvalue weighted by Gasteiger charge is 2.36. The van der Waals surface area contributed by atoms with Gasteiger partial charge >= 0.3 is 12.1 Å². The molecule has 0 aliphatic carbocycles. The maximum atomic E-state index is 13.9. The van der Waals surface area contributed by atoms with Gasteiger partial charge in [-0.3, -0.25) is 23.8 Å². The summed E-state index contributed by atoms with van der Waals surface area (Å²) in [6.07, 6.45) is 10.9. The van der Waals surface area contributed by atoms with Gasteiger partial charge in [0.1, 0.15) is 32.5 Å². The van der Waals surface area contributed by atoms with Crippen LogP contribution in [-0.4, -0.2) is 149 Å². The van der Waals surface area contributed by atoms with Gasteiger partial charge in [0, 0.05) is 73.0 Å². The molecule has 3 amide bonds. The molecule has 0 saturated carbocycles. The maximum absolute atomic E-state index is 13.9. The van der Waals surface area contributed by atoms with Gasteiger partial charge in [-0.1, -0.05) is 58.0 Å². The number of hydrogen-bond acceptors (Lipinski definition) is 16. The van der Waals surface area contributed by atoms with Crippen molar-refractivity contribution >= 4 is 130 Å². The molecule has 4 aliphatic heterocycles. The number of amides is 3. The Hall–Kier alpha value is -5.93. The van der Waals surface area contributed by atoms with Crippen LogP contribution in [0.25, 0.3) is 11.3 Å². The minimum absolute atomic E-state index is 0.0637. The van der Waals surface area contributed by atoms with E-state index in [1.807, 2.05) is 47.6 Å². The molecular weight excluding hydrogens is 1290 g/mol. The fourth-order valence-electron chi connectivity index (χ4n) is 11.2.